The lowest BCUT2D eigenvalue weighted by Crippen LogP contribution is -2.55. The first kappa shape index (κ1) is 20.2. The first-order chi connectivity index (χ1) is 14.5. The maximum atomic E-state index is 14.4. The van der Waals surface area contributed by atoms with Gasteiger partial charge in [0.1, 0.15) is 11.4 Å². The number of nitrogens with one attached hydrogen (secondary N) is 3. The minimum absolute atomic E-state index is 0.124. The number of hydrogen-bond donors (Lipinski definition) is 3. The van der Waals surface area contributed by atoms with E-state index in [9.17, 15) is 9.18 Å². The van der Waals surface area contributed by atoms with E-state index in [0.717, 1.165) is 25.1 Å². The third-order valence-corrected chi connectivity index (χ3v) is 6.11. The van der Waals surface area contributed by atoms with E-state index in [0.29, 0.717) is 35.6 Å². The second kappa shape index (κ2) is 7.96. The van der Waals surface area contributed by atoms with Crippen molar-refractivity contribution >= 4 is 23.0 Å². The van der Waals surface area contributed by atoms with Crippen molar-refractivity contribution in [2.75, 3.05) is 35.6 Å². The van der Waals surface area contributed by atoms with Crippen LogP contribution < -0.4 is 16.0 Å². The minimum atomic E-state index is -0.924. The van der Waals surface area contributed by atoms with Gasteiger partial charge in [0.2, 0.25) is 5.91 Å². The van der Waals surface area contributed by atoms with Crippen molar-refractivity contribution in [3.63, 3.8) is 0 Å². The van der Waals surface area contributed by atoms with Crippen molar-refractivity contribution in [2.45, 2.75) is 38.3 Å². The zero-order valence-corrected chi connectivity index (χ0v) is 17.3. The highest BCUT2D eigenvalue weighted by Crippen LogP contribution is 2.45. The summed E-state index contributed by atoms with van der Waals surface area (Å²) >= 11 is 0. The summed E-state index contributed by atoms with van der Waals surface area (Å²) in [7, 11) is 0. The van der Waals surface area contributed by atoms with E-state index in [4.69, 9.17) is 5.26 Å². The van der Waals surface area contributed by atoms with Gasteiger partial charge in [-0.15, -0.1) is 0 Å². The molecule has 2 atom stereocenters. The third-order valence-electron chi connectivity index (χ3n) is 6.11. The van der Waals surface area contributed by atoms with Crippen LogP contribution in [-0.2, 0) is 10.3 Å². The molecule has 1 fully saturated rings. The molecule has 156 valence electrons. The summed E-state index contributed by atoms with van der Waals surface area (Å²) in [5.74, 6) is -0.474. The molecule has 7 heteroatoms. The topological polar surface area (TPSA) is 80.2 Å². The fourth-order valence-corrected chi connectivity index (χ4v) is 4.50. The molecule has 4 rings (SSSR count). The van der Waals surface area contributed by atoms with Gasteiger partial charge in [0.05, 0.1) is 23.0 Å². The van der Waals surface area contributed by atoms with Gasteiger partial charge >= 0.3 is 0 Å². The number of anilines is 3. The average molecular weight is 407 g/mol. The van der Waals surface area contributed by atoms with Crippen LogP contribution >= 0.6 is 0 Å². The molecule has 2 aromatic carbocycles. The molecule has 2 aliphatic heterocycles. The summed E-state index contributed by atoms with van der Waals surface area (Å²) < 4.78 is 14.4. The third kappa shape index (κ3) is 3.48. The Morgan fingerprint density at radius 2 is 2.10 bits per heavy atom. The molecule has 6 nitrogen and oxygen atoms in total. The van der Waals surface area contributed by atoms with Gasteiger partial charge in [0.15, 0.2) is 0 Å². The largest absolute Gasteiger partial charge is 0.384 e. The second-order valence-electron chi connectivity index (χ2n) is 8.05. The van der Waals surface area contributed by atoms with Crippen molar-refractivity contribution < 1.29 is 9.18 Å². The molecule has 0 spiro atoms. The summed E-state index contributed by atoms with van der Waals surface area (Å²) in [5.41, 5.74) is 2.62. The monoisotopic (exact) mass is 407 g/mol. The molecule has 0 radical (unpaired) electrons. The van der Waals surface area contributed by atoms with E-state index >= 15 is 0 Å². The number of hydrogen-bond acceptors (Lipinski definition) is 5. The van der Waals surface area contributed by atoms with E-state index in [1.807, 2.05) is 26.0 Å². The standard InChI is InChI=1S/C23H26FN5O/c1-3-26-20-12-16(24)11-19-21(20)28-22(30)23(19,2)29-10-4-5-18(14-29)27-17-8-6-15(13-25)7-9-17/h6-9,11-12,18,26-27H,3-5,10,14H2,1-2H3,(H,28,30)/t18?,23-/m1/s1. The van der Waals surface area contributed by atoms with E-state index in [-0.39, 0.29) is 17.8 Å². The molecule has 0 saturated carbocycles. The fourth-order valence-electron chi connectivity index (χ4n) is 4.50. The molecule has 0 aliphatic carbocycles. The number of fused-ring (bicyclic) bond motifs is 1. The number of nitrogens with zero attached hydrogens (tertiary/aromatic N) is 2. The first-order valence-electron chi connectivity index (χ1n) is 10.4. The molecule has 2 aromatic rings. The number of rotatable bonds is 5. The molecule has 1 unspecified atom stereocenters. The molecule has 2 aliphatic rings. The fraction of sp³-hybridized carbons (Fsp3) is 0.391. The van der Waals surface area contributed by atoms with E-state index in [2.05, 4.69) is 26.9 Å². The van der Waals surface area contributed by atoms with Gasteiger partial charge in [-0.2, -0.15) is 5.26 Å². The Morgan fingerprint density at radius 3 is 2.80 bits per heavy atom. The van der Waals surface area contributed by atoms with Gasteiger partial charge in [-0.1, -0.05) is 0 Å². The number of carbonyl (C=O) groups is 1. The second-order valence-corrected chi connectivity index (χ2v) is 8.05. The van der Waals surface area contributed by atoms with Crippen LogP contribution in [0.15, 0.2) is 36.4 Å². The van der Waals surface area contributed by atoms with Crippen molar-refractivity contribution in [3.8, 4) is 6.07 Å². The zero-order chi connectivity index (χ0) is 21.3. The van der Waals surface area contributed by atoms with E-state index < -0.39 is 5.54 Å². The van der Waals surface area contributed by atoms with Crippen LogP contribution in [0.3, 0.4) is 0 Å². The first-order valence-corrected chi connectivity index (χ1v) is 10.4. The number of nitriles is 1. The lowest BCUT2D eigenvalue weighted by Gasteiger charge is -2.42. The number of carbonyl (C=O) groups excluding carboxylic acids is 1. The zero-order valence-electron chi connectivity index (χ0n) is 17.3. The molecular weight excluding hydrogens is 381 g/mol. The smallest absolute Gasteiger partial charge is 0.249 e. The van der Waals surface area contributed by atoms with Crippen LogP contribution in [-0.4, -0.2) is 36.5 Å². The Bertz CT molecular complexity index is 1000. The van der Waals surface area contributed by atoms with Gasteiger partial charge < -0.3 is 16.0 Å². The predicted molar refractivity (Wildman–Crippen MR) is 116 cm³/mol. The number of amides is 1. The molecule has 2 heterocycles. The molecule has 1 amide bonds. The lowest BCUT2D eigenvalue weighted by atomic mass is 9.88. The normalized spacial score (nSPS) is 23.4. The summed E-state index contributed by atoms with van der Waals surface area (Å²) in [6, 6.07) is 12.6. The molecule has 3 N–H and O–H groups in total. The highest BCUT2D eigenvalue weighted by atomic mass is 19.1. The number of halogens is 1. The van der Waals surface area contributed by atoms with Crippen molar-refractivity contribution in [1.29, 1.82) is 5.26 Å². The van der Waals surface area contributed by atoms with E-state index in [1.54, 1.807) is 12.1 Å². The Kier molecular flexibility index (Phi) is 5.35. The Morgan fingerprint density at radius 1 is 1.33 bits per heavy atom. The van der Waals surface area contributed by atoms with Crippen molar-refractivity contribution in [3.05, 3.63) is 53.3 Å². The quantitative estimate of drug-likeness (QED) is 0.701. The molecular formula is C23H26FN5O. The average Bonchev–Trinajstić information content (AvgIpc) is 3.01. The van der Waals surface area contributed by atoms with Gasteiger partial charge in [-0.05, 0) is 69.6 Å². The van der Waals surface area contributed by atoms with Crippen molar-refractivity contribution in [2.24, 2.45) is 0 Å². The van der Waals surface area contributed by atoms with Gasteiger partial charge in [0, 0.05) is 30.4 Å². The van der Waals surface area contributed by atoms with Crippen LogP contribution in [0.2, 0.25) is 0 Å². The summed E-state index contributed by atoms with van der Waals surface area (Å²) in [5, 5.41) is 18.6. The van der Waals surface area contributed by atoms with Gasteiger partial charge in [-0.3, -0.25) is 9.69 Å². The Labute approximate surface area is 176 Å². The predicted octanol–water partition coefficient (Wildman–Crippen LogP) is 3.87. The number of benzene rings is 2. The summed E-state index contributed by atoms with van der Waals surface area (Å²) in [4.78, 5) is 15.2. The van der Waals surface area contributed by atoms with Crippen LogP contribution in [0.25, 0.3) is 0 Å². The van der Waals surface area contributed by atoms with E-state index in [1.165, 1.54) is 12.1 Å². The maximum Gasteiger partial charge on any atom is 0.249 e. The molecule has 0 bridgehead atoms. The summed E-state index contributed by atoms with van der Waals surface area (Å²) in [6.45, 7) is 5.89. The lowest BCUT2D eigenvalue weighted by molar-refractivity contribution is -0.127. The minimum Gasteiger partial charge on any atom is -0.384 e. The van der Waals surface area contributed by atoms with Crippen LogP contribution in [0, 0.1) is 17.1 Å². The summed E-state index contributed by atoms with van der Waals surface area (Å²) in [6.07, 6.45) is 1.91. The highest BCUT2D eigenvalue weighted by Gasteiger charge is 2.49. The molecule has 30 heavy (non-hydrogen) atoms. The Hall–Kier alpha value is -3.11. The molecule has 1 saturated heterocycles. The maximum absolute atomic E-state index is 14.4. The van der Waals surface area contributed by atoms with Crippen molar-refractivity contribution in [1.82, 2.24) is 4.90 Å². The van der Waals surface area contributed by atoms with Crippen LogP contribution in [0.4, 0.5) is 21.5 Å². The van der Waals surface area contributed by atoms with Gasteiger partial charge in [0.25, 0.3) is 0 Å². The van der Waals surface area contributed by atoms with Crippen LogP contribution in [0.1, 0.15) is 37.8 Å². The highest BCUT2D eigenvalue weighted by molar-refractivity contribution is 6.08. The Balaban J connectivity index is 1.59. The van der Waals surface area contributed by atoms with Gasteiger partial charge in [-0.25, -0.2) is 4.39 Å². The SMILES string of the molecule is CCNc1cc(F)cc2c1NC(=O)[C@]2(C)N1CCCC(Nc2ccc(C#N)cc2)C1. The number of piperidine rings is 1. The number of likely N-dealkylation sites (tertiary alicyclic amines) is 1. The van der Waals surface area contributed by atoms with Crippen LogP contribution in [0.5, 0.6) is 0 Å². The molecule has 0 aromatic heterocycles.